The van der Waals surface area contributed by atoms with E-state index in [2.05, 4.69) is 198 Å². The summed E-state index contributed by atoms with van der Waals surface area (Å²) in [6.07, 6.45) is 4.03. The van der Waals surface area contributed by atoms with Crippen LogP contribution < -0.4 is 31.9 Å². The average Bonchev–Trinajstić information content (AvgIpc) is 3.20. The molecule has 4 nitrogen and oxygen atoms in total. The molecule has 6 aromatic carbocycles. The van der Waals surface area contributed by atoms with Crippen molar-refractivity contribution in [2.45, 2.75) is 54.4 Å². The van der Waals surface area contributed by atoms with Gasteiger partial charge in [-0.25, -0.2) is 0 Å². The second-order valence-electron chi connectivity index (χ2n) is 14.6. The first-order valence-electron chi connectivity index (χ1n) is 19.8. The fourth-order valence-corrected chi connectivity index (χ4v) is 12.1. The van der Waals surface area contributed by atoms with Crippen molar-refractivity contribution in [3.05, 3.63) is 179 Å². The molecular formula is C50H56N4P2. The summed E-state index contributed by atoms with van der Waals surface area (Å²) in [7, 11) is -1.00. The highest BCUT2D eigenvalue weighted by atomic mass is 31.1. The van der Waals surface area contributed by atoms with Gasteiger partial charge in [-0.15, -0.1) is 0 Å². The molecule has 6 rings (SSSR count). The number of aryl methyl sites for hydroxylation is 6. The van der Waals surface area contributed by atoms with Gasteiger partial charge >= 0.3 is 0 Å². The van der Waals surface area contributed by atoms with Gasteiger partial charge in [0.15, 0.2) is 11.7 Å². The maximum atomic E-state index is 5.39. The minimum atomic E-state index is -0.501. The summed E-state index contributed by atoms with van der Waals surface area (Å²) < 4.78 is 0. The lowest BCUT2D eigenvalue weighted by Crippen LogP contribution is -2.32. The monoisotopic (exact) mass is 774 g/mol. The van der Waals surface area contributed by atoms with Crippen LogP contribution in [0.4, 0.5) is 11.4 Å². The van der Waals surface area contributed by atoms with Crippen LogP contribution in [0.5, 0.6) is 0 Å². The van der Waals surface area contributed by atoms with E-state index >= 15 is 0 Å². The predicted molar refractivity (Wildman–Crippen MR) is 250 cm³/mol. The fraction of sp³-hybridized carbons (Fsp3) is 0.240. The van der Waals surface area contributed by atoms with E-state index in [9.17, 15) is 0 Å². The highest BCUT2D eigenvalue weighted by Crippen LogP contribution is 2.35. The van der Waals surface area contributed by atoms with Crippen molar-refractivity contribution in [1.29, 1.82) is 0 Å². The summed E-state index contributed by atoms with van der Waals surface area (Å²) in [6, 6.07) is 52.9. The van der Waals surface area contributed by atoms with Gasteiger partial charge in [-0.3, -0.25) is 9.98 Å². The Morgan fingerprint density at radius 3 is 0.946 bits per heavy atom. The molecule has 0 amide bonds. The number of anilines is 2. The zero-order chi connectivity index (χ0) is 39.3. The van der Waals surface area contributed by atoms with Gasteiger partial charge in [-0.1, -0.05) is 157 Å². The number of benzene rings is 6. The molecule has 0 saturated heterocycles. The third-order valence-electron chi connectivity index (χ3n) is 9.96. The predicted octanol–water partition coefficient (Wildman–Crippen LogP) is 10.9. The molecule has 0 bridgehead atoms. The van der Waals surface area contributed by atoms with Crippen LogP contribution >= 0.6 is 15.8 Å². The Labute approximate surface area is 338 Å². The van der Waals surface area contributed by atoms with Crippen LogP contribution in [0.3, 0.4) is 0 Å². The Kier molecular flexibility index (Phi) is 14.8. The van der Waals surface area contributed by atoms with E-state index in [4.69, 9.17) is 9.98 Å². The van der Waals surface area contributed by atoms with Crippen molar-refractivity contribution < 1.29 is 0 Å². The van der Waals surface area contributed by atoms with Crippen LogP contribution in [0.15, 0.2) is 156 Å². The molecule has 0 aliphatic rings. The lowest BCUT2D eigenvalue weighted by Gasteiger charge is -2.21. The molecule has 0 atom stereocenters. The topological polar surface area (TPSA) is 48.8 Å². The van der Waals surface area contributed by atoms with Gasteiger partial charge in [0, 0.05) is 24.5 Å². The maximum absolute atomic E-state index is 5.39. The molecule has 0 aliphatic carbocycles. The van der Waals surface area contributed by atoms with Crippen LogP contribution in [0.25, 0.3) is 0 Å². The van der Waals surface area contributed by atoms with Crippen LogP contribution in [-0.2, 0) is 0 Å². The van der Waals surface area contributed by atoms with E-state index in [1.54, 1.807) is 0 Å². The number of hydrogen-bond acceptors (Lipinski definition) is 2. The molecule has 0 aliphatic heterocycles. The number of rotatable bonds is 14. The van der Waals surface area contributed by atoms with Gasteiger partial charge in [0.25, 0.3) is 0 Å². The van der Waals surface area contributed by atoms with Gasteiger partial charge in [-0.05, 0) is 126 Å². The van der Waals surface area contributed by atoms with Crippen molar-refractivity contribution in [3.8, 4) is 0 Å². The Bertz CT molecular complexity index is 1930. The zero-order valence-electron chi connectivity index (χ0n) is 33.9. The maximum Gasteiger partial charge on any atom is 0.168 e. The molecule has 0 fully saturated rings. The smallest absolute Gasteiger partial charge is 0.168 e. The largest absolute Gasteiger partial charge is 0.337 e. The molecular weight excluding hydrogens is 719 g/mol. The lowest BCUT2D eigenvalue weighted by atomic mass is 10.0. The number of amidine groups is 2. The summed E-state index contributed by atoms with van der Waals surface area (Å²) in [5.74, 6) is 1.58. The third-order valence-corrected chi connectivity index (χ3v) is 15.2. The van der Waals surface area contributed by atoms with E-state index < -0.39 is 15.8 Å². The molecule has 56 heavy (non-hydrogen) atoms. The molecule has 6 heteroatoms. The standard InChI is InChI=1S/C50H56N4P2/c1-37-33-39(3)47(40(4)34-37)53-49(51-29-19-31-55(43-21-11-7-12-22-43)44-23-13-8-14-24-44)50(54-48-41(5)35-38(2)36-42(48)6)52-30-20-32-56(45-25-15-9-16-26-45)46-27-17-10-18-28-46/h7-18,21-28,33-36H,19-20,29-32H2,1-6H3,(H,51,53)(H,52,54). The summed E-state index contributed by atoms with van der Waals surface area (Å²) in [5.41, 5.74) is 9.49. The number of nitrogens with one attached hydrogen (secondary N) is 2. The Balaban J connectivity index is 1.33. The Morgan fingerprint density at radius 1 is 0.411 bits per heavy atom. The van der Waals surface area contributed by atoms with Crippen molar-refractivity contribution in [2.24, 2.45) is 9.98 Å². The fourth-order valence-electron chi connectivity index (χ4n) is 7.42. The molecule has 2 N–H and O–H groups in total. The molecule has 286 valence electrons. The van der Waals surface area contributed by atoms with E-state index in [0.717, 1.165) is 48.2 Å². The van der Waals surface area contributed by atoms with Crippen LogP contribution in [-0.4, -0.2) is 37.1 Å². The first-order chi connectivity index (χ1) is 27.3. The van der Waals surface area contributed by atoms with Crippen LogP contribution in [0, 0.1) is 41.5 Å². The molecule has 0 aromatic heterocycles. The highest BCUT2D eigenvalue weighted by molar-refractivity contribution is 7.73. The minimum Gasteiger partial charge on any atom is -0.337 e. The normalized spacial score (nSPS) is 12.0. The molecule has 0 radical (unpaired) electrons. The summed E-state index contributed by atoms with van der Waals surface area (Å²) in [4.78, 5) is 10.8. The molecule has 6 aromatic rings. The quantitative estimate of drug-likeness (QED) is 0.0501. The summed E-state index contributed by atoms with van der Waals surface area (Å²) in [6.45, 7) is 14.4. The molecule has 0 unspecified atom stereocenters. The van der Waals surface area contributed by atoms with Crippen molar-refractivity contribution in [1.82, 2.24) is 0 Å². The third kappa shape index (κ3) is 11.1. The summed E-state index contributed by atoms with van der Waals surface area (Å²) in [5, 5.41) is 13.3. The average molecular weight is 775 g/mol. The molecule has 0 heterocycles. The van der Waals surface area contributed by atoms with E-state index in [-0.39, 0.29) is 0 Å². The van der Waals surface area contributed by atoms with Crippen LogP contribution in [0.1, 0.15) is 46.2 Å². The Morgan fingerprint density at radius 2 is 0.679 bits per heavy atom. The number of aliphatic imine (C=N–C) groups is 2. The van der Waals surface area contributed by atoms with Crippen molar-refractivity contribution in [2.75, 3.05) is 36.0 Å². The second-order valence-corrected chi connectivity index (χ2v) is 19.3. The minimum absolute atomic E-state index is 0.501. The van der Waals surface area contributed by atoms with Crippen molar-refractivity contribution in [3.63, 3.8) is 0 Å². The van der Waals surface area contributed by atoms with Gasteiger partial charge < -0.3 is 10.6 Å². The van der Waals surface area contributed by atoms with E-state index in [1.165, 1.54) is 54.6 Å². The van der Waals surface area contributed by atoms with Crippen molar-refractivity contribution >= 4 is 60.1 Å². The number of hydrogen-bond donors (Lipinski definition) is 2. The zero-order valence-corrected chi connectivity index (χ0v) is 35.7. The SMILES string of the molecule is Cc1cc(C)c(NC(=NCCCP(c2ccccc2)c2ccccc2)C(=NCCCP(c2ccccc2)c2ccccc2)Nc2c(C)cc(C)cc2C)c(C)c1. The van der Waals surface area contributed by atoms with E-state index in [1.807, 2.05) is 0 Å². The summed E-state index contributed by atoms with van der Waals surface area (Å²) >= 11 is 0. The van der Waals surface area contributed by atoms with Gasteiger partial charge in [-0.2, -0.15) is 0 Å². The number of nitrogens with zero attached hydrogens (tertiary/aromatic N) is 2. The van der Waals surface area contributed by atoms with Crippen LogP contribution in [0.2, 0.25) is 0 Å². The second kappa shape index (κ2) is 20.3. The first-order valence-corrected chi connectivity index (χ1v) is 22.9. The van der Waals surface area contributed by atoms with Gasteiger partial charge in [0.2, 0.25) is 0 Å². The van der Waals surface area contributed by atoms with E-state index in [0.29, 0.717) is 13.1 Å². The molecule has 0 saturated carbocycles. The lowest BCUT2D eigenvalue weighted by molar-refractivity contribution is 0.933. The first kappa shape index (κ1) is 40.8. The Hall–Kier alpha value is -4.88. The highest BCUT2D eigenvalue weighted by Gasteiger charge is 2.18. The van der Waals surface area contributed by atoms with Gasteiger partial charge in [0.1, 0.15) is 0 Å². The molecule has 0 spiro atoms. The van der Waals surface area contributed by atoms with Gasteiger partial charge in [0.05, 0.1) is 0 Å².